The fourth-order valence-corrected chi connectivity index (χ4v) is 3.50. The van der Waals surface area contributed by atoms with Crippen molar-refractivity contribution in [3.63, 3.8) is 0 Å². The standard InChI is InChI=1S/C23H30N2O2/c1-16-7-8-18(14-24-16)10-9-17-11-12-20-19(13-17)23(5,6)15-25(20)21(26)27-22(2,3)4/h7-8,11-14H,9-10,15H2,1-6H3. The van der Waals surface area contributed by atoms with Crippen molar-refractivity contribution in [2.75, 3.05) is 11.4 Å². The highest BCUT2D eigenvalue weighted by atomic mass is 16.6. The minimum atomic E-state index is -0.494. The summed E-state index contributed by atoms with van der Waals surface area (Å²) >= 11 is 0. The lowest BCUT2D eigenvalue weighted by molar-refractivity contribution is 0.0579. The Hall–Kier alpha value is -2.36. The van der Waals surface area contributed by atoms with Gasteiger partial charge in [-0.05, 0) is 69.4 Å². The Balaban J connectivity index is 1.78. The highest BCUT2D eigenvalue weighted by Crippen LogP contribution is 2.41. The van der Waals surface area contributed by atoms with Crippen LogP contribution in [0.15, 0.2) is 36.5 Å². The number of rotatable bonds is 3. The SMILES string of the molecule is Cc1ccc(CCc2ccc3c(c2)C(C)(C)CN3C(=O)OC(C)(C)C)cn1. The Bertz CT molecular complexity index is 832. The van der Waals surface area contributed by atoms with Crippen LogP contribution in [0.4, 0.5) is 10.5 Å². The molecule has 27 heavy (non-hydrogen) atoms. The molecule has 4 heteroatoms. The number of ether oxygens (including phenoxy) is 1. The molecule has 0 radical (unpaired) electrons. The number of carbonyl (C=O) groups excluding carboxylic acids is 1. The number of hydrogen-bond donors (Lipinski definition) is 0. The zero-order chi connectivity index (χ0) is 19.8. The largest absolute Gasteiger partial charge is 0.443 e. The molecule has 1 aromatic heterocycles. The van der Waals surface area contributed by atoms with Crippen LogP contribution in [0.25, 0.3) is 0 Å². The quantitative estimate of drug-likeness (QED) is 0.749. The van der Waals surface area contributed by atoms with Gasteiger partial charge in [0.25, 0.3) is 0 Å². The summed E-state index contributed by atoms with van der Waals surface area (Å²) in [6.45, 7) is 12.7. The molecule has 0 unspecified atom stereocenters. The summed E-state index contributed by atoms with van der Waals surface area (Å²) in [5.41, 5.74) is 5.17. The Morgan fingerprint density at radius 1 is 1.15 bits per heavy atom. The monoisotopic (exact) mass is 366 g/mol. The van der Waals surface area contributed by atoms with Crippen molar-refractivity contribution in [3.05, 3.63) is 58.9 Å². The second kappa shape index (κ2) is 6.99. The molecule has 1 aliphatic rings. The van der Waals surface area contributed by atoms with Crippen LogP contribution in [0, 0.1) is 6.92 Å². The van der Waals surface area contributed by atoms with E-state index in [1.165, 1.54) is 16.7 Å². The van der Waals surface area contributed by atoms with Crippen molar-refractivity contribution in [2.24, 2.45) is 0 Å². The second-order valence-electron chi connectivity index (χ2n) is 9.11. The maximum Gasteiger partial charge on any atom is 0.414 e. The lowest BCUT2D eigenvalue weighted by Gasteiger charge is -2.25. The summed E-state index contributed by atoms with van der Waals surface area (Å²) in [5.74, 6) is 0. The van der Waals surface area contributed by atoms with E-state index in [0.29, 0.717) is 6.54 Å². The molecule has 0 bridgehead atoms. The van der Waals surface area contributed by atoms with Gasteiger partial charge in [0.1, 0.15) is 5.60 Å². The van der Waals surface area contributed by atoms with Crippen molar-refractivity contribution in [1.29, 1.82) is 0 Å². The number of pyridine rings is 1. The van der Waals surface area contributed by atoms with E-state index in [2.05, 4.69) is 49.2 Å². The average Bonchev–Trinajstić information content (AvgIpc) is 2.84. The number of hydrogen-bond acceptors (Lipinski definition) is 3. The smallest absolute Gasteiger partial charge is 0.414 e. The van der Waals surface area contributed by atoms with Gasteiger partial charge in [0.2, 0.25) is 0 Å². The van der Waals surface area contributed by atoms with Gasteiger partial charge in [0.15, 0.2) is 0 Å². The molecule has 1 aromatic carbocycles. The number of carbonyl (C=O) groups is 1. The summed E-state index contributed by atoms with van der Waals surface area (Å²) in [5, 5.41) is 0. The van der Waals surface area contributed by atoms with Crippen LogP contribution in [0.5, 0.6) is 0 Å². The molecule has 2 heterocycles. The summed E-state index contributed by atoms with van der Waals surface area (Å²) in [6, 6.07) is 10.6. The Kier molecular flexibility index (Phi) is 5.02. The van der Waals surface area contributed by atoms with Crippen LogP contribution in [0.1, 0.15) is 57.0 Å². The summed E-state index contributed by atoms with van der Waals surface area (Å²) in [4.78, 5) is 18.8. The third-order valence-corrected chi connectivity index (χ3v) is 4.92. The van der Waals surface area contributed by atoms with E-state index in [1.807, 2.05) is 33.9 Å². The first-order chi connectivity index (χ1) is 12.5. The topological polar surface area (TPSA) is 42.4 Å². The number of anilines is 1. The predicted molar refractivity (Wildman–Crippen MR) is 109 cm³/mol. The van der Waals surface area contributed by atoms with E-state index in [-0.39, 0.29) is 11.5 Å². The maximum atomic E-state index is 12.6. The van der Waals surface area contributed by atoms with E-state index in [9.17, 15) is 4.79 Å². The van der Waals surface area contributed by atoms with E-state index in [1.54, 1.807) is 4.90 Å². The zero-order valence-electron chi connectivity index (χ0n) is 17.3. The van der Waals surface area contributed by atoms with Crippen molar-refractivity contribution in [1.82, 2.24) is 4.98 Å². The van der Waals surface area contributed by atoms with E-state index < -0.39 is 5.60 Å². The molecule has 2 aromatic rings. The van der Waals surface area contributed by atoms with Gasteiger partial charge in [0, 0.05) is 23.9 Å². The second-order valence-corrected chi connectivity index (χ2v) is 9.11. The molecule has 1 aliphatic heterocycles. The highest BCUT2D eigenvalue weighted by molar-refractivity contribution is 5.91. The van der Waals surface area contributed by atoms with E-state index in [4.69, 9.17) is 4.74 Å². The molecule has 3 rings (SSSR count). The Labute approximate surface area is 162 Å². The molecule has 0 atom stereocenters. The summed E-state index contributed by atoms with van der Waals surface area (Å²) < 4.78 is 5.60. The lowest BCUT2D eigenvalue weighted by atomic mass is 9.85. The summed E-state index contributed by atoms with van der Waals surface area (Å²) in [6.07, 6.45) is 3.60. The number of nitrogens with zero attached hydrogens (tertiary/aromatic N) is 2. The van der Waals surface area contributed by atoms with Gasteiger partial charge in [-0.15, -0.1) is 0 Å². The average molecular weight is 367 g/mol. The number of fused-ring (bicyclic) bond motifs is 1. The molecule has 1 amide bonds. The summed E-state index contributed by atoms with van der Waals surface area (Å²) in [7, 11) is 0. The zero-order valence-corrected chi connectivity index (χ0v) is 17.3. The third kappa shape index (κ3) is 4.49. The number of amides is 1. The van der Waals surface area contributed by atoms with Crippen LogP contribution in [-0.4, -0.2) is 23.2 Å². The first kappa shape index (κ1) is 19.4. The van der Waals surface area contributed by atoms with Crippen LogP contribution in [0.2, 0.25) is 0 Å². The van der Waals surface area contributed by atoms with Gasteiger partial charge in [-0.3, -0.25) is 9.88 Å². The van der Waals surface area contributed by atoms with Crippen LogP contribution in [-0.2, 0) is 23.0 Å². The number of aromatic nitrogens is 1. The Morgan fingerprint density at radius 3 is 2.44 bits per heavy atom. The first-order valence-electron chi connectivity index (χ1n) is 9.61. The van der Waals surface area contributed by atoms with Gasteiger partial charge in [-0.2, -0.15) is 0 Å². The van der Waals surface area contributed by atoms with Crippen LogP contribution in [0.3, 0.4) is 0 Å². The van der Waals surface area contributed by atoms with Gasteiger partial charge < -0.3 is 4.74 Å². The number of aryl methyl sites for hydroxylation is 3. The minimum absolute atomic E-state index is 0.0896. The normalized spacial score (nSPS) is 15.6. The molecule has 0 saturated carbocycles. The molecular formula is C23H30N2O2. The molecule has 0 spiro atoms. The first-order valence-corrected chi connectivity index (χ1v) is 9.61. The molecule has 0 N–H and O–H groups in total. The minimum Gasteiger partial charge on any atom is -0.443 e. The molecule has 0 aliphatic carbocycles. The molecule has 4 nitrogen and oxygen atoms in total. The predicted octanol–water partition coefficient (Wildman–Crippen LogP) is 5.21. The van der Waals surface area contributed by atoms with Crippen molar-refractivity contribution in [2.45, 2.75) is 65.4 Å². The fourth-order valence-electron chi connectivity index (χ4n) is 3.50. The lowest BCUT2D eigenvalue weighted by Crippen LogP contribution is -2.38. The van der Waals surface area contributed by atoms with Crippen LogP contribution < -0.4 is 4.90 Å². The molecule has 0 saturated heterocycles. The third-order valence-electron chi connectivity index (χ3n) is 4.92. The molecule has 144 valence electrons. The molecule has 0 fully saturated rings. The Morgan fingerprint density at radius 2 is 1.81 bits per heavy atom. The molecular weight excluding hydrogens is 336 g/mol. The van der Waals surface area contributed by atoms with Gasteiger partial charge >= 0.3 is 6.09 Å². The van der Waals surface area contributed by atoms with Gasteiger partial charge in [0.05, 0.1) is 5.69 Å². The maximum absolute atomic E-state index is 12.6. The number of benzene rings is 1. The highest BCUT2D eigenvalue weighted by Gasteiger charge is 2.39. The van der Waals surface area contributed by atoms with E-state index >= 15 is 0 Å². The van der Waals surface area contributed by atoms with Crippen molar-refractivity contribution in [3.8, 4) is 0 Å². The fraction of sp³-hybridized carbons (Fsp3) is 0.478. The van der Waals surface area contributed by atoms with Crippen molar-refractivity contribution < 1.29 is 9.53 Å². The van der Waals surface area contributed by atoms with Gasteiger partial charge in [-0.1, -0.05) is 32.0 Å². The van der Waals surface area contributed by atoms with Crippen molar-refractivity contribution >= 4 is 11.8 Å². The van der Waals surface area contributed by atoms with Crippen LogP contribution >= 0.6 is 0 Å². The van der Waals surface area contributed by atoms with Gasteiger partial charge in [-0.25, -0.2) is 4.79 Å². The van der Waals surface area contributed by atoms with E-state index in [0.717, 1.165) is 24.2 Å².